The van der Waals surface area contributed by atoms with Crippen molar-refractivity contribution in [3.05, 3.63) is 23.3 Å². The molecule has 5 nitrogen and oxygen atoms in total. The lowest BCUT2D eigenvalue weighted by atomic mass is 10.0. The minimum absolute atomic E-state index is 0.107. The molecule has 116 valence electrons. The molecule has 2 rings (SSSR count). The summed E-state index contributed by atoms with van der Waals surface area (Å²) in [6.07, 6.45) is 0.925. The van der Waals surface area contributed by atoms with Crippen molar-refractivity contribution in [1.82, 2.24) is 10.2 Å². The average molecular weight is 292 g/mol. The van der Waals surface area contributed by atoms with Crippen LogP contribution < -0.4 is 14.8 Å². The third kappa shape index (κ3) is 3.47. The molecule has 5 heteroatoms. The first-order valence-electron chi connectivity index (χ1n) is 7.24. The van der Waals surface area contributed by atoms with Gasteiger partial charge in [-0.2, -0.15) is 0 Å². The number of carbonyl (C=O) groups excluding carboxylic acids is 1. The zero-order valence-corrected chi connectivity index (χ0v) is 13.2. The molecule has 0 saturated carbocycles. The summed E-state index contributed by atoms with van der Waals surface area (Å²) in [6.45, 7) is 4.32. The second kappa shape index (κ2) is 6.80. The van der Waals surface area contributed by atoms with Crippen LogP contribution in [0.15, 0.2) is 12.1 Å². The fourth-order valence-electron chi connectivity index (χ4n) is 2.70. The van der Waals surface area contributed by atoms with Gasteiger partial charge in [-0.25, -0.2) is 0 Å². The third-order valence-electron chi connectivity index (χ3n) is 4.04. The van der Waals surface area contributed by atoms with E-state index in [9.17, 15) is 4.79 Å². The summed E-state index contributed by atoms with van der Waals surface area (Å²) in [5.74, 6) is 1.72. The van der Waals surface area contributed by atoms with Gasteiger partial charge >= 0.3 is 0 Å². The molecule has 0 spiro atoms. The number of amides is 1. The van der Waals surface area contributed by atoms with Crippen molar-refractivity contribution in [2.45, 2.75) is 19.9 Å². The highest BCUT2D eigenvalue weighted by Crippen LogP contribution is 2.30. The summed E-state index contributed by atoms with van der Waals surface area (Å²) in [7, 11) is 5.10. The number of methoxy groups -OCH3 is 2. The van der Waals surface area contributed by atoms with Gasteiger partial charge in [-0.1, -0.05) is 0 Å². The molecule has 0 aromatic heterocycles. The van der Waals surface area contributed by atoms with E-state index in [1.54, 1.807) is 19.1 Å². The van der Waals surface area contributed by atoms with Crippen LogP contribution in [-0.2, 0) is 11.3 Å². The number of benzene rings is 1. The van der Waals surface area contributed by atoms with Gasteiger partial charge in [0.25, 0.3) is 0 Å². The molecule has 1 aromatic rings. The maximum Gasteiger partial charge on any atom is 0.227 e. The number of nitrogens with one attached hydrogen (secondary N) is 1. The fraction of sp³-hybridized carbons (Fsp3) is 0.562. The maximum atomic E-state index is 12.4. The first-order chi connectivity index (χ1) is 10.1. The number of rotatable bonds is 5. The minimum Gasteiger partial charge on any atom is -0.493 e. The third-order valence-corrected chi connectivity index (χ3v) is 4.04. The molecular weight excluding hydrogens is 268 g/mol. The molecule has 1 aliphatic rings. The molecule has 1 aromatic carbocycles. The van der Waals surface area contributed by atoms with E-state index in [0.717, 1.165) is 30.6 Å². The lowest BCUT2D eigenvalue weighted by Gasteiger charge is -2.22. The molecule has 0 aliphatic carbocycles. The zero-order valence-electron chi connectivity index (χ0n) is 13.2. The minimum atomic E-state index is 0.107. The van der Waals surface area contributed by atoms with Crippen LogP contribution in [0.4, 0.5) is 0 Å². The lowest BCUT2D eigenvalue weighted by molar-refractivity contribution is -0.134. The molecule has 1 heterocycles. The predicted molar refractivity (Wildman–Crippen MR) is 81.7 cm³/mol. The molecule has 1 aliphatic heterocycles. The van der Waals surface area contributed by atoms with Crippen LogP contribution in [0.3, 0.4) is 0 Å². The van der Waals surface area contributed by atoms with E-state index >= 15 is 0 Å². The second-order valence-corrected chi connectivity index (χ2v) is 5.52. The summed E-state index contributed by atoms with van der Waals surface area (Å²) in [6, 6.07) is 3.90. The number of hydrogen-bond donors (Lipinski definition) is 1. The largest absolute Gasteiger partial charge is 0.493 e. The van der Waals surface area contributed by atoms with Crippen LogP contribution in [0.1, 0.15) is 17.5 Å². The van der Waals surface area contributed by atoms with Gasteiger partial charge in [-0.05, 0) is 43.1 Å². The molecule has 0 unspecified atom stereocenters. The Morgan fingerprint density at radius 1 is 1.33 bits per heavy atom. The summed E-state index contributed by atoms with van der Waals surface area (Å²) >= 11 is 0. The molecule has 1 fully saturated rings. The average Bonchev–Trinajstić information content (AvgIpc) is 3.02. The van der Waals surface area contributed by atoms with E-state index in [2.05, 4.69) is 5.32 Å². The van der Waals surface area contributed by atoms with Crippen LogP contribution in [0.2, 0.25) is 0 Å². The fourth-order valence-corrected chi connectivity index (χ4v) is 2.70. The molecular formula is C16H24N2O3. The lowest BCUT2D eigenvalue weighted by Crippen LogP contribution is -2.33. The van der Waals surface area contributed by atoms with Crippen molar-refractivity contribution < 1.29 is 14.3 Å². The molecule has 1 amide bonds. The molecule has 0 radical (unpaired) electrons. The van der Waals surface area contributed by atoms with Crippen LogP contribution in [-0.4, -0.2) is 45.2 Å². The van der Waals surface area contributed by atoms with E-state index in [4.69, 9.17) is 9.47 Å². The molecule has 0 bridgehead atoms. The summed E-state index contributed by atoms with van der Waals surface area (Å²) in [4.78, 5) is 14.2. The van der Waals surface area contributed by atoms with Crippen molar-refractivity contribution in [2.75, 3.05) is 34.4 Å². The van der Waals surface area contributed by atoms with E-state index in [1.807, 2.05) is 26.1 Å². The van der Waals surface area contributed by atoms with Crippen molar-refractivity contribution in [3.63, 3.8) is 0 Å². The predicted octanol–water partition coefficient (Wildman–Crippen LogP) is 1.58. The van der Waals surface area contributed by atoms with Crippen LogP contribution >= 0.6 is 0 Å². The van der Waals surface area contributed by atoms with E-state index < -0.39 is 0 Å². The molecule has 1 atom stereocenters. The first-order valence-corrected chi connectivity index (χ1v) is 7.24. The van der Waals surface area contributed by atoms with E-state index in [1.165, 1.54) is 0 Å². The number of nitrogens with zero attached hydrogens (tertiary/aromatic N) is 1. The Kier molecular flexibility index (Phi) is 5.07. The van der Waals surface area contributed by atoms with Crippen molar-refractivity contribution in [2.24, 2.45) is 5.92 Å². The highest BCUT2D eigenvalue weighted by molar-refractivity contribution is 5.79. The quantitative estimate of drug-likeness (QED) is 0.895. The summed E-state index contributed by atoms with van der Waals surface area (Å²) in [5, 5.41) is 3.23. The molecule has 21 heavy (non-hydrogen) atoms. The van der Waals surface area contributed by atoms with Gasteiger partial charge < -0.3 is 19.7 Å². The Balaban J connectivity index is 2.12. The van der Waals surface area contributed by atoms with Crippen LogP contribution in [0.5, 0.6) is 11.5 Å². The number of ether oxygens (including phenoxy) is 2. The van der Waals surface area contributed by atoms with Crippen LogP contribution in [0, 0.1) is 12.8 Å². The Hall–Kier alpha value is -1.75. The SMILES string of the molecule is COc1cc(C)c(CN(C)C(=O)[C@@H]2CCNC2)cc1OC. The van der Waals surface area contributed by atoms with Crippen molar-refractivity contribution in [1.29, 1.82) is 0 Å². The van der Waals surface area contributed by atoms with Gasteiger partial charge in [0.05, 0.1) is 20.1 Å². The topological polar surface area (TPSA) is 50.8 Å². The monoisotopic (exact) mass is 292 g/mol. The number of carbonyl (C=O) groups is 1. The van der Waals surface area contributed by atoms with Gasteiger partial charge in [0.15, 0.2) is 11.5 Å². The summed E-state index contributed by atoms with van der Waals surface area (Å²) < 4.78 is 10.6. The molecule has 1 saturated heterocycles. The Morgan fingerprint density at radius 2 is 2.00 bits per heavy atom. The van der Waals surface area contributed by atoms with Crippen molar-refractivity contribution in [3.8, 4) is 11.5 Å². The Morgan fingerprint density at radius 3 is 2.57 bits per heavy atom. The smallest absolute Gasteiger partial charge is 0.227 e. The zero-order chi connectivity index (χ0) is 15.4. The first kappa shape index (κ1) is 15.6. The van der Waals surface area contributed by atoms with Gasteiger partial charge in [0, 0.05) is 20.1 Å². The highest BCUT2D eigenvalue weighted by Gasteiger charge is 2.25. The Bertz CT molecular complexity index is 510. The number of aryl methyl sites for hydroxylation is 1. The van der Waals surface area contributed by atoms with E-state index in [-0.39, 0.29) is 11.8 Å². The number of hydrogen-bond acceptors (Lipinski definition) is 4. The Labute approximate surface area is 126 Å². The van der Waals surface area contributed by atoms with Crippen molar-refractivity contribution >= 4 is 5.91 Å². The van der Waals surface area contributed by atoms with Gasteiger partial charge in [-0.15, -0.1) is 0 Å². The van der Waals surface area contributed by atoms with Crippen LogP contribution in [0.25, 0.3) is 0 Å². The standard InChI is InChI=1S/C16H24N2O3/c1-11-7-14(20-3)15(21-4)8-13(11)10-18(2)16(19)12-5-6-17-9-12/h7-8,12,17H,5-6,9-10H2,1-4H3/t12-/m1/s1. The summed E-state index contributed by atoms with van der Waals surface area (Å²) in [5.41, 5.74) is 2.17. The maximum absolute atomic E-state index is 12.4. The van der Waals surface area contributed by atoms with Gasteiger partial charge in [0.1, 0.15) is 0 Å². The molecule has 1 N–H and O–H groups in total. The normalized spacial score (nSPS) is 17.6. The highest BCUT2D eigenvalue weighted by atomic mass is 16.5. The van der Waals surface area contributed by atoms with Gasteiger partial charge in [-0.3, -0.25) is 4.79 Å². The van der Waals surface area contributed by atoms with E-state index in [0.29, 0.717) is 18.0 Å². The second-order valence-electron chi connectivity index (χ2n) is 5.52. The van der Waals surface area contributed by atoms with Gasteiger partial charge in [0.2, 0.25) is 5.91 Å².